The van der Waals surface area contributed by atoms with Gasteiger partial charge < -0.3 is 15.2 Å². The highest BCUT2D eigenvalue weighted by atomic mass is 16.5. The Morgan fingerprint density at radius 3 is 2.04 bits per heavy atom. The van der Waals surface area contributed by atoms with E-state index < -0.39 is 18.1 Å². The van der Waals surface area contributed by atoms with Gasteiger partial charge in [-0.2, -0.15) is 0 Å². The molecular weight excluding hydrogens is 574 g/mol. The number of methoxy groups -OCH3 is 1. The smallest absolute Gasteiger partial charge is 0.331 e. The van der Waals surface area contributed by atoms with Gasteiger partial charge in [-0.15, -0.1) is 10.2 Å². The van der Waals surface area contributed by atoms with E-state index in [1.807, 2.05) is 12.1 Å². The average Bonchev–Trinajstić information content (AvgIpc) is 3.74. The molecule has 5 rings (SSSR count). The maximum absolute atomic E-state index is 13.7. The van der Waals surface area contributed by atoms with Crippen molar-refractivity contribution in [3.05, 3.63) is 66.0 Å². The van der Waals surface area contributed by atoms with E-state index in [1.54, 1.807) is 54.3 Å². The van der Waals surface area contributed by atoms with Gasteiger partial charge in [0.1, 0.15) is 23.2 Å². The number of piperidine rings is 1. The largest absolute Gasteiger partial charge is 0.508 e. The Labute approximate surface area is 261 Å². The third kappa shape index (κ3) is 7.51. The van der Waals surface area contributed by atoms with Gasteiger partial charge >= 0.3 is 5.97 Å². The topological polar surface area (TPSA) is 154 Å². The molecule has 0 aliphatic carbocycles. The van der Waals surface area contributed by atoms with Gasteiger partial charge in [-0.3, -0.25) is 9.59 Å². The maximum atomic E-state index is 13.7. The molecule has 1 fully saturated rings. The number of Topliss-reactive ketones (excluding diaryl/α,β-unsaturated/α-hetero) is 2. The highest BCUT2D eigenvalue weighted by Gasteiger charge is 2.27. The first-order chi connectivity index (χ1) is 21.6. The number of aromatic hydroxyl groups is 1. The third-order valence-electron chi connectivity index (χ3n) is 8.18. The van der Waals surface area contributed by atoms with Crippen LogP contribution in [0.15, 0.2) is 54.9 Å². The van der Waals surface area contributed by atoms with Gasteiger partial charge in [0.2, 0.25) is 0 Å². The number of benzene rings is 2. The first-order valence-electron chi connectivity index (χ1n) is 15.2. The van der Waals surface area contributed by atoms with E-state index in [-0.39, 0.29) is 35.6 Å². The highest BCUT2D eigenvalue weighted by molar-refractivity contribution is 6.00. The lowest BCUT2D eigenvalue weighted by molar-refractivity contribution is -0.145. The number of ether oxygens (including phenoxy) is 1. The van der Waals surface area contributed by atoms with E-state index in [2.05, 4.69) is 39.8 Å². The number of ketones is 2. The zero-order valence-corrected chi connectivity index (χ0v) is 26.0. The Balaban J connectivity index is 1.53. The number of hydrogen-bond donors (Lipinski definition) is 2. The average molecular weight is 614 g/mol. The van der Waals surface area contributed by atoms with E-state index in [1.165, 1.54) is 11.8 Å². The van der Waals surface area contributed by atoms with E-state index in [9.17, 15) is 19.5 Å². The minimum absolute atomic E-state index is 0.000228. The molecule has 2 N–H and O–H groups in total. The molecule has 0 unspecified atom stereocenters. The second-order valence-electron chi connectivity index (χ2n) is 12.0. The molecular formula is C33H39N7O5. The van der Waals surface area contributed by atoms with Crippen LogP contribution in [0.2, 0.25) is 0 Å². The van der Waals surface area contributed by atoms with E-state index >= 15 is 0 Å². The first kappa shape index (κ1) is 31.7. The highest BCUT2D eigenvalue weighted by Crippen LogP contribution is 2.30. The van der Waals surface area contributed by atoms with Gasteiger partial charge in [-0.1, -0.05) is 36.4 Å². The van der Waals surface area contributed by atoms with Crippen molar-refractivity contribution in [2.24, 2.45) is 11.8 Å². The van der Waals surface area contributed by atoms with Gasteiger partial charge in [0.25, 0.3) is 0 Å². The molecule has 12 nitrogen and oxygen atoms in total. The number of nitrogens with zero attached hydrogens (tertiary/aromatic N) is 6. The summed E-state index contributed by atoms with van der Waals surface area (Å²) in [6.07, 6.45) is 5.80. The maximum Gasteiger partial charge on any atom is 0.331 e. The fourth-order valence-corrected chi connectivity index (χ4v) is 5.69. The summed E-state index contributed by atoms with van der Waals surface area (Å²) >= 11 is 0. The Kier molecular flexibility index (Phi) is 9.82. The minimum Gasteiger partial charge on any atom is -0.508 e. The molecule has 0 amide bonds. The number of phenolic OH excluding ortho intramolecular Hbond substituents is 1. The van der Waals surface area contributed by atoms with Gasteiger partial charge in [-0.05, 0) is 81.1 Å². The number of esters is 1. The molecule has 236 valence electrons. The summed E-state index contributed by atoms with van der Waals surface area (Å²) in [6.45, 7) is 7.22. The molecule has 4 aromatic rings. The molecule has 2 aromatic heterocycles. The molecule has 1 saturated heterocycles. The van der Waals surface area contributed by atoms with E-state index in [0.29, 0.717) is 34.5 Å². The molecule has 3 heterocycles. The van der Waals surface area contributed by atoms with Crippen molar-refractivity contribution in [3.63, 3.8) is 0 Å². The van der Waals surface area contributed by atoms with Gasteiger partial charge in [0.05, 0.1) is 19.5 Å². The lowest BCUT2D eigenvalue weighted by Crippen LogP contribution is -2.31. The second-order valence-corrected chi connectivity index (χ2v) is 12.0. The molecule has 2 atom stereocenters. The molecule has 0 spiro atoms. The predicted octanol–water partition coefficient (Wildman–Crippen LogP) is 4.22. The van der Waals surface area contributed by atoms with Crippen LogP contribution in [0.25, 0.3) is 22.5 Å². The van der Waals surface area contributed by atoms with Crippen molar-refractivity contribution in [1.82, 2.24) is 35.3 Å². The fourth-order valence-electron chi connectivity index (χ4n) is 5.69. The van der Waals surface area contributed by atoms with Crippen molar-refractivity contribution in [1.29, 1.82) is 0 Å². The van der Waals surface area contributed by atoms with Gasteiger partial charge in [0.15, 0.2) is 17.6 Å². The molecule has 0 bridgehead atoms. The Bertz CT molecular complexity index is 1650. The number of carbonyl (C=O) groups is 3. The van der Waals surface area contributed by atoms with Gasteiger partial charge in [-0.25, -0.2) is 14.2 Å². The lowest BCUT2D eigenvalue weighted by atomic mass is 9.88. The number of rotatable bonds is 12. The molecule has 1 aliphatic heterocycles. The second kappa shape index (κ2) is 13.9. The Morgan fingerprint density at radius 1 is 0.933 bits per heavy atom. The molecule has 0 saturated carbocycles. The Morgan fingerprint density at radius 2 is 1.51 bits per heavy atom. The van der Waals surface area contributed by atoms with Crippen molar-refractivity contribution < 1.29 is 24.2 Å². The lowest BCUT2D eigenvalue weighted by Gasteiger charge is -2.21. The standard InChI is InChI=1S/C33H39N7O5/c1-20(2)13-30(21(3)41)39-18-28(35-37-39)24-15-25(17-26(16-24)32(43)23-9-11-34-12-10-23)29-19-40(38-36-29)31(33(44)45-4)14-22-5-7-27(42)8-6-22/h5-8,15-20,23,30-31,34,42H,9-14H2,1-4H3/t30-,31-/m0/s1. The number of hydrogen-bond acceptors (Lipinski definition) is 10. The zero-order valence-electron chi connectivity index (χ0n) is 26.0. The van der Waals surface area contributed by atoms with Crippen molar-refractivity contribution in [3.8, 4) is 28.3 Å². The predicted molar refractivity (Wildman–Crippen MR) is 166 cm³/mol. The van der Waals surface area contributed by atoms with Crippen molar-refractivity contribution >= 4 is 17.5 Å². The Hall–Kier alpha value is -4.71. The number of phenols is 1. The summed E-state index contributed by atoms with van der Waals surface area (Å²) in [6, 6.07) is 10.8. The van der Waals surface area contributed by atoms with Crippen molar-refractivity contribution in [2.75, 3.05) is 20.2 Å². The third-order valence-corrected chi connectivity index (χ3v) is 8.18. The number of carbonyl (C=O) groups excluding carboxylic acids is 3. The molecule has 2 aromatic carbocycles. The van der Waals surface area contributed by atoms with Crippen LogP contribution in [0.1, 0.15) is 68.0 Å². The van der Waals surface area contributed by atoms with Gasteiger partial charge in [0, 0.05) is 29.0 Å². The molecule has 1 aliphatic rings. The summed E-state index contributed by atoms with van der Waals surface area (Å²) in [7, 11) is 1.32. The van der Waals surface area contributed by atoms with Crippen LogP contribution in [-0.2, 0) is 20.7 Å². The number of nitrogens with one attached hydrogen (secondary N) is 1. The summed E-state index contributed by atoms with van der Waals surface area (Å²) in [5.74, 6) is -0.145. The molecule has 0 radical (unpaired) electrons. The van der Waals surface area contributed by atoms with Crippen LogP contribution >= 0.6 is 0 Å². The fraction of sp³-hybridized carbons (Fsp3) is 0.424. The van der Waals surface area contributed by atoms with Crippen LogP contribution < -0.4 is 5.32 Å². The van der Waals surface area contributed by atoms with Crippen LogP contribution in [0.4, 0.5) is 0 Å². The van der Waals surface area contributed by atoms with Crippen molar-refractivity contribution in [2.45, 2.75) is 58.5 Å². The zero-order chi connectivity index (χ0) is 32.1. The normalized spacial score (nSPS) is 15.1. The molecule has 45 heavy (non-hydrogen) atoms. The number of aromatic nitrogens is 6. The molecule has 12 heteroatoms. The van der Waals surface area contributed by atoms with Crippen LogP contribution in [0, 0.1) is 11.8 Å². The summed E-state index contributed by atoms with van der Waals surface area (Å²) in [4.78, 5) is 39.0. The van der Waals surface area contributed by atoms with Crippen LogP contribution in [-0.4, -0.2) is 72.8 Å². The quantitative estimate of drug-likeness (QED) is 0.175. The van der Waals surface area contributed by atoms with Crippen LogP contribution in [0.5, 0.6) is 5.75 Å². The summed E-state index contributed by atoms with van der Waals surface area (Å²) in [5.41, 5.74) is 3.61. The first-order valence-corrected chi connectivity index (χ1v) is 15.2. The van der Waals surface area contributed by atoms with E-state index in [4.69, 9.17) is 4.74 Å². The monoisotopic (exact) mass is 613 g/mol. The minimum atomic E-state index is -0.802. The summed E-state index contributed by atoms with van der Waals surface area (Å²) < 4.78 is 8.12. The summed E-state index contributed by atoms with van der Waals surface area (Å²) in [5, 5.41) is 30.3. The van der Waals surface area contributed by atoms with Crippen LogP contribution in [0.3, 0.4) is 0 Å². The SMILES string of the molecule is COC(=O)[C@H](Cc1ccc(O)cc1)n1cc(-c2cc(C(=O)C3CCNCC3)cc(-c3cn([C@@H](CC(C)C)C(C)=O)nn3)c2)nn1. The van der Waals surface area contributed by atoms with E-state index in [0.717, 1.165) is 31.5 Å².